The Kier molecular flexibility index (Phi) is 8.54. The van der Waals surface area contributed by atoms with Crippen LogP contribution in [0.15, 0.2) is 48.5 Å². The lowest BCUT2D eigenvalue weighted by Gasteiger charge is -2.15. The Bertz CT molecular complexity index is 757. The van der Waals surface area contributed by atoms with Gasteiger partial charge in [-0.15, -0.1) is 0 Å². The number of benzene rings is 1. The van der Waals surface area contributed by atoms with E-state index < -0.39 is 18.1 Å². The lowest BCUT2D eigenvalue weighted by molar-refractivity contribution is -0.141. The quantitative estimate of drug-likeness (QED) is 0.431. The molecule has 0 aliphatic heterocycles. The maximum Gasteiger partial charge on any atom is 0.407 e. The van der Waals surface area contributed by atoms with Crippen molar-refractivity contribution in [1.29, 1.82) is 0 Å². The summed E-state index contributed by atoms with van der Waals surface area (Å²) in [6.45, 7) is 0.465. The zero-order valence-corrected chi connectivity index (χ0v) is 15.6. The van der Waals surface area contributed by atoms with Crippen LogP contribution in [0.25, 0.3) is 0 Å². The molecule has 0 aliphatic carbocycles. The number of anilines is 2. The number of carboxylic acids is 1. The number of ether oxygens (including phenoxy) is 2. The van der Waals surface area contributed by atoms with Gasteiger partial charge in [0.2, 0.25) is 0 Å². The number of carbonyl (C=O) groups is 2. The summed E-state index contributed by atoms with van der Waals surface area (Å²) in [6.07, 6.45) is -0.825. The predicted molar refractivity (Wildman–Crippen MR) is 104 cm³/mol. The average Bonchev–Trinajstić information content (AvgIpc) is 2.71. The molecule has 1 unspecified atom stereocenters. The minimum Gasteiger partial charge on any atom is -0.480 e. The Morgan fingerprint density at radius 3 is 2.57 bits per heavy atom. The van der Waals surface area contributed by atoms with Gasteiger partial charge < -0.3 is 30.5 Å². The number of carboxylic acid groups (broad SMARTS) is 1. The maximum atomic E-state index is 11.8. The topological polar surface area (TPSA) is 122 Å². The number of aromatic nitrogens is 1. The Labute approximate surface area is 163 Å². The van der Waals surface area contributed by atoms with Crippen molar-refractivity contribution in [1.82, 2.24) is 10.3 Å². The fourth-order valence-electron chi connectivity index (χ4n) is 2.22. The van der Waals surface area contributed by atoms with Gasteiger partial charge in [0, 0.05) is 7.05 Å². The molecule has 28 heavy (non-hydrogen) atoms. The highest BCUT2D eigenvalue weighted by atomic mass is 16.5. The van der Waals surface area contributed by atoms with Gasteiger partial charge in [-0.25, -0.2) is 14.6 Å². The van der Waals surface area contributed by atoms with Gasteiger partial charge in [-0.1, -0.05) is 36.4 Å². The first-order valence-corrected chi connectivity index (χ1v) is 8.75. The number of hydrogen-bond acceptors (Lipinski definition) is 7. The molecule has 1 atom stereocenters. The predicted octanol–water partition coefficient (Wildman–Crippen LogP) is 1.93. The van der Waals surface area contributed by atoms with Crippen LogP contribution in [0, 0.1) is 0 Å². The van der Waals surface area contributed by atoms with E-state index in [4.69, 9.17) is 9.47 Å². The Morgan fingerprint density at radius 2 is 1.86 bits per heavy atom. The molecular weight excluding hydrogens is 364 g/mol. The summed E-state index contributed by atoms with van der Waals surface area (Å²) >= 11 is 0. The second-order valence-corrected chi connectivity index (χ2v) is 5.76. The first-order chi connectivity index (χ1) is 13.6. The molecule has 9 heteroatoms. The standard InChI is InChI=1S/C19H24N4O5/c1-20-16-8-5-9-17(23-16)21-10-11-28-19(26)22-15(18(24)25)13-27-12-14-6-3-2-4-7-14/h2-9,15H,10-13H2,1H3,(H,22,26)(H,24,25)(H2,20,21,23). The van der Waals surface area contributed by atoms with E-state index >= 15 is 0 Å². The van der Waals surface area contributed by atoms with Gasteiger partial charge in [-0.05, 0) is 17.7 Å². The van der Waals surface area contributed by atoms with Crippen LogP contribution in [0.5, 0.6) is 0 Å². The molecule has 0 saturated carbocycles. The van der Waals surface area contributed by atoms with Crippen LogP contribution in [0.4, 0.5) is 16.4 Å². The van der Waals surface area contributed by atoms with Crippen LogP contribution in [0.3, 0.4) is 0 Å². The van der Waals surface area contributed by atoms with Gasteiger partial charge in [0.05, 0.1) is 19.8 Å². The second-order valence-electron chi connectivity index (χ2n) is 5.76. The highest BCUT2D eigenvalue weighted by Gasteiger charge is 2.20. The number of pyridine rings is 1. The minimum atomic E-state index is -1.20. The van der Waals surface area contributed by atoms with Gasteiger partial charge in [0.1, 0.15) is 18.2 Å². The van der Waals surface area contributed by atoms with Crippen molar-refractivity contribution < 1.29 is 24.2 Å². The first-order valence-electron chi connectivity index (χ1n) is 8.75. The van der Waals surface area contributed by atoms with E-state index in [9.17, 15) is 14.7 Å². The largest absolute Gasteiger partial charge is 0.480 e. The Balaban J connectivity index is 1.67. The van der Waals surface area contributed by atoms with Crippen LogP contribution in [-0.4, -0.2) is 55.0 Å². The fourth-order valence-corrected chi connectivity index (χ4v) is 2.22. The average molecular weight is 388 g/mol. The number of aliphatic carboxylic acids is 1. The molecule has 1 aromatic carbocycles. The summed E-state index contributed by atoms with van der Waals surface area (Å²) in [4.78, 5) is 27.3. The molecule has 0 spiro atoms. The van der Waals surface area contributed by atoms with E-state index in [1.54, 1.807) is 13.1 Å². The molecule has 0 bridgehead atoms. The van der Waals surface area contributed by atoms with Crippen molar-refractivity contribution in [2.24, 2.45) is 0 Å². The molecular formula is C19H24N4O5. The zero-order valence-electron chi connectivity index (χ0n) is 15.6. The van der Waals surface area contributed by atoms with Crippen molar-refractivity contribution in [3.05, 3.63) is 54.1 Å². The van der Waals surface area contributed by atoms with E-state index in [0.717, 1.165) is 5.56 Å². The fraction of sp³-hybridized carbons (Fsp3) is 0.316. The summed E-state index contributed by atoms with van der Waals surface area (Å²) in [5.74, 6) is 0.147. The molecule has 0 fully saturated rings. The van der Waals surface area contributed by atoms with Gasteiger partial charge in [0.25, 0.3) is 0 Å². The first kappa shape index (κ1) is 21.0. The molecule has 1 amide bonds. The van der Waals surface area contributed by atoms with E-state index in [1.807, 2.05) is 42.5 Å². The summed E-state index contributed by atoms with van der Waals surface area (Å²) in [6, 6.07) is 13.6. The summed E-state index contributed by atoms with van der Waals surface area (Å²) in [5, 5.41) is 17.4. The van der Waals surface area contributed by atoms with Gasteiger partial charge in [-0.3, -0.25) is 0 Å². The molecule has 0 aliphatic rings. The van der Waals surface area contributed by atoms with Gasteiger partial charge >= 0.3 is 12.1 Å². The Hall–Kier alpha value is -3.33. The highest BCUT2D eigenvalue weighted by molar-refractivity contribution is 5.80. The number of rotatable bonds is 11. The van der Waals surface area contributed by atoms with Crippen molar-refractivity contribution >= 4 is 23.7 Å². The number of hydrogen-bond donors (Lipinski definition) is 4. The van der Waals surface area contributed by atoms with Crippen molar-refractivity contribution in [3.63, 3.8) is 0 Å². The molecule has 2 rings (SSSR count). The summed E-state index contributed by atoms with van der Waals surface area (Å²) < 4.78 is 10.4. The van der Waals surface area contributed by atoms with Crippen LogP contribution in [0.2, 0.25) is 0 Å². The Morgan fingerprint density at radius 1 is 1.11 bits per heavy atom. The third-order valence-corrected chi connectivity index (χ3v) is 3.63. The van der Waals surface area contributed by atoms with E-state index in [1.165, 1.54) is 0 Å². The molecule has 4 N–H and O–H groups in total. The van der Waals surface area contributed by atoms with Crippen molar-refractivity contribution in [3.8, 4) is 0 Å². The lowest BCUT2D eigenvalue weighted by Crippen LogP contribution is -2.44. The number of alkyl carbamates (subject to hydrolysis) is 1. The molecule has 9 nitrogen and oxygen atoms in total. The third-order valence-electron chi connectivity index (χ3n) is 3.63. The molecule has 2 aromatic rings. The van der Waals surface area contributed by atoms with Crippen molar-refractivity contribution in [2.75, 3.05) is 37.4 Å². The van der Waals surface area contributed by atoms with Crippen LogP contribution >= 0.6 is 0 Å². The van der Waals surface area contributed by atoms with Gasteiger partial charge in [0.15, 0.2) is 6.04 Å². The number of nitrogens with zero attached hydrogens (tertiary/aromatic N) is 1. The molecule has 0 saturated heterocycles. The number of amides is 1. The summed E-state index contributed by atoms with van der Waals surface area (Å²) in [5.41, 5.74) is 0.913. The summed E-state index contributed by atoms with van der Waals surface area (Å²) in [7, 11) is 1.77. The zero-order chi connectivity index (χ0) is 20.2. The monoisotopic (exact) mass is 388 g/mol. The van der Waals surface area contributed by atoms with Crippen molar-refractivity contribution in [2.45, 2.75) is 12.6 Å². The molecule has 1 aromatic heterocycles. The molecule has 150 valence electrons. The maximum absolute atomic E-state index is 11.8. The highest BCUT2D eigenvalue weighted by Crippen LogP contribution is 2.07. The number of carbonyl (C=O) groups excluding carboxylic acids is 1. The van der Waals surface area contributed by atoms with Crippen LogP contribution < -0.4 is 16.0 Å². The molecule has 0 radical (unpaired) electrons. The molecule has 1 heterocycles. The van der Waals surface area contributed by atoms with Gasteiger partial charge in [-0.2, -0.15) is 0 Å². The normalized spacial score (nSPS) is 11.3. The lowest BCUT2D eigenvalue weighted by atomic mass is 10.2. The number of nitrogens with one attached hydrogen (secondary N) is 3. The van der Waals surface area contributed by atoms with Crippen LogP contribution in [-0.2, 0) is 20.9 Å². The van der Waals surface area contributed by atoms with E-state index in [2.05, 4.69) is 20.9 Å². The van der Waals surface area contributed by atoms with E-state index in [-0.39, 0.29) is 19.8 Å². The van der Waals surface area contributed by atoms with Crippen LogP contribution in [0.1, 0.15) is 5.56 Å². The third kappa shape index (κ3) is 7.50. The van der Waals surface area contributed by atoms with E-state index in [0.29, 0.717) is 18.2 Å². The SMILES string of the molecule is CNc1cccc(NCCOC(=O)NC(COCc2ccccc2)C(=O)O)n1. The second kappa shape index (κ2) is 11.4. The smallest absolute Gasteiger partial charge is 0.407 e. The minimum absolute atomic E-state index is 0.0501.